The minimum atomic E-state index is -0.380. The number of rotatable bonds is 5. The maximum atomic E-state index is 9.28. The van der Waals surface area contributed by atoms with Gasteiger partial charge in [-0.2, -0.15) is 5.26 Å². The fourth-order valence-corrected chi connectivity index (χ4v) is 2.89. The third-order valence-corrected chi connectivity index (χ3v) is 3.83. The Balaban J connectivity index is 2.52. The van der Waals surface area contributed by atoms with E-state index in [1.807, 2.05) is 6.92 Å². The van der Waals surface area contributed by atoms with Crippen LogP contribution in [0.3, 0.4) is 0 Å². The first-order valence-electron chi connectivity index (χ1n) is 6.91. The van der Waals surface area contributed by atoms with Crippen molar-refractivity contribution in [2.75, 3.05) is 19.6 Å². The van der Waals surface area contributed by atoms with E-state index in [0.717, 1.165) is 18.9 Å². The molecule has 1 heterocycles. The lowest BCUT2D eigenvalue weighted by atomic mass is 9.92. The van der Waals surface area contributed by atoms with Gasteiger partial charge in [-0.1, -0.05) is 13.8 Å². The number of nitrogens with one attached hydrogen (secondary N) is 1. The maximum absolute atomic E-state index is 9.28. The zero-order valence-corrected chi connectivity index (χ0v) is 11.8. The Morgan fingerprint density at radius 2 is 2.29 bits per heavy atom. The van der Waals surface area contributed by atoms with Gasteiger partial charge >= 0.3 is 0 Å². The van der Waals surface area contributed by atoms with E-state index in [0.29, 0.717) is 6.04 Å². The first-order chi connectivity index (χ1) is 8.00. The molecule has 1 N–H and O–H groups in total. The van der Waals surface area contributed by atoms with Crippen LogP contribution in [-0.4, -0.2) is 36.1 Å². The van der Waals surface area contributed by atoms with E-state index in [1.54, 1.807) is 0 Å². The van der Waals surface area contributed by atoms with Crippen molar-refractivity contribution in [2.24, 2.45) is 5.92 Å². The summed E-state index contributed by atoms with van der Waals surface area (Å²) in [7, 11) is 0. The Hall–Kier alpha value is -0.590. The van der Waals surface area contributed by atoms with Crippen molar-refractivity contribution in [2.45, 2.75) is 58.5 Å². The van der Waals surface area contributed by atoms with Gasteiger partial charge in [0.1, 0.15) is 5.54 Å². The summed E-state index contributed by atoms with van der Waals surface area (Å²) < 4.78 is 0. The number of hydrogen-bond acceptors (Lipinski definition) is 3. The molecule has 0 aliphatic carbocycles. The molecule has 0 aromatic carbocycles. The van der Waals surface area contributed by atoms with E-state index < -0.39 is 0 Å². The normalized spacial score (nSPS) is 27.1. The highest BCUT2D eigenvalue weighted by Gasteiger charge is 2.29. The number of likely N-dealkylation sites (tertiary alicyclic amines) is 1. The molecule has 0 amide bonds. The SMILES string of the molecule is CCNC(C)(C#N)CC(C)N1CCCC(C)C1. The fourth-order valence-electron chi connectivity index (χ4n) is 2.89. The van der Waals surface area contributed by atoms with Gasteiger partial charge in [0, 0.05) is 12.6 Å². The first kappa shape index (κ1) is 14.5. The molecule has 0 aromatic heterocycles. The lowest BCUT2D eigenvalue weighted by Gasteiger charge is -2.38. The highest BCUT2D eigenvalue weighted by molar-refractivity contribution is 5.05. The van der Waals surface area contributed by atoms with Crippen molar-refractivity contribution < 1.29 is 0 Å². The summed E-state index contributed by atoms with van der Waals surface area (Å²) in [6.07, 6.45) is 3.56. The zero-order chi connectivity index (χ0) is 12.9. The molecule has 3 unspecified atom stereocenters. The number of nitriles is 1. The molecule has 1 rings (SSSR count). The van der Waals surface area contributed by atoms with Crippen molar-refractivity contribution in [3.05, 3.63) is 0 Å². The molecule has 1 aliphatic heterocycles. The topological polar surface area (TPSA) is 39.1 Å². The molecule has 3 atom stereocenters. The van der Waals surface area contributed by atoms with E-state index >= 15 is 0 Å². The Labute approximate surface area is 106 Å². The fraction of sp³-hybridized carbons (Fsp3) is 0.929. The third kappa shape index (κ3) is 4.29. The summed E-state index contributed by atoms with van der Waals surface area (Å²) >= 11 is 0. The average molecular weight is 237 g/mol. The van der Waals surface area contributed by atoms with E-state index in [-0.39, 0.29) is 5.54 Å². The molecule has 0 radical (unpaired) electrons. The van der Waals surface area contributed by atoms with Gasteiger partial charge in [-0.3, -0.25) is 5.32 Å². The summed E-state index contributed by atoms with van der Waals surface area (Å²) in [6, 6.07) is 2.91. The van der Waals surface area contributed by atoms with Crippen LogP contribution in [0.1, 0.15) is 47.0 Å². The minimum absolute atomic E-state index is 0.380. The molecule has 3 nitrogen and oxygen atoms in total. The minimum Gasteiger partial charge on any atom is -0.300 e. The molecule has 17 heavy (non-hydrogen) atoms. The smallest absolute Gasteiger partial charge is 0.105 e. The van der Waals surface area contributed by atoms with Crippen molar-refractivity contribution in [3.8, 4) is 6.07 Å². The van der Waals surface area contributed by atoms with Gasteiger partial charge in [0.25, 0.3) is 0 Å². The highest BCUT2D eigenvalue weighted by Crippen LogP contribution is 2.22. The summed E-state index contributed by atoms with van der Waals surface area (Å²) in [5.74, 6) is 0.804. The van der Waals surface area contributed by atoms with Crippen molar-refractivity contribution in [1.29, 1.82) is 5.26 Å². The molecule has 3 heteroatoms. The predicted molar refractivity (Wildman–Crippen MR) is 71.7 cm³/mol. The molecule has 0 saturated carbocycles. The van der Waals surface area contributed by atoms with E-state index in [1.165, 1.54) is 25.9 Å². The molecule has 98 valence electrons. The number of nitrogens with zero attached hydrogens (tertiary/aromatic N) is 2. The summed E-state index contributed by atoms with van der Waals surface area (Å²) in [4.78, 5) is 2.54. The number of hydrogen-bond donors (Lipinski definition) is 1. The van der Waals surface area contributed by atoms with Crippen LogP contribution in [0.2, 0.25) is 0 Å². The van der Waals surface area contributed by atoms with Crippen LogP contribution in [0.4, 0.5) is 0 Å². The quantitative estimate of drug-likeness (QED) is 0.798. The Bertz CT molecular complexity index is 271. The van der Waals surface area contributed by atoms with Gasteiger partial charge in [-0.05, 0) is 52.1 Å². The lowest BCUT2D eigenvalue weighted by molar-refractivity contribution is 0.120. The van der Waals surface area contributed by atoms with Crippen LogP contribution in [-0.2, 0) is 0 Å². The second-order valence-corrected chi connectivity index (χ2v) is 5.77. The third-order valence-electron chi connectivity index (χ3n) is 3.83. The molecule has 0 spiro atoms. The van der Waals surface area contributed by atoms with Gasteiger partial charge < -0.3 is 4.90 Å². The van der Waals surface area contributed by atoms with Gasteiger partial charge in [0.2, 0.25) is 0 Å². The van der Waals surface area contributed by atoms with Crippen LogP contribution >= 0.6 is 0 Å². The maximum Gasteiger partial charge on any atom is 0.105 e. The van der Waals surface area contributed by atoms with Crippen molar-refractivity contribution >= 4 is 0 Å². The van der Waals surface area contributed by atoms with E-state index in [9.17, 15) is 5.26 Å². The van der Waals surface area contributed by atoms with Crippen molar-refractivity contribution in [3.63, 3.8) is 0 Å². The lowest BCUT2D eigenvalue weighted by Crippen LogP contribution is -2.49. The first-order valence-corrected chi connectivity index (χ1v) is 6.91. The molecule has 0 aromatic rings. The second kappa shape index (κ2) is 6.37. The zero-order valence-electron chi connectivity index (χ0n) is 11.8. The van der Waals surface area contributed by atoms with E-state index in [2.05, 4.69) is 37.1 Å². The van der Waals surface area contributed by atoms with E-state index in [4.69, 9.17) is 0 Å². The second-order valence-electron chi connectivity index (χ2n) is 5.77. The highest BCUT2D eigenvalue weighted by atomic mass is 15.2. The van der Waals surface area contributed by atoms with Crippen LogP contribution in [0.5, 0.6) is 0 Å². The largest absolute Gasteiger partial charge is 0.300 e. The number of piperidine rings is 1. The standard InChI is InChI=1S/C14H27N3/c1-5-16-14(4,11-15)9-13(3)17-8-6-7-12(2)10-17/h12-13,16H,5-10H2,1-4H3. The summed E-state index contributed by atoms with van der Waals surface area (Å²) in [6.45, 7) is 11.9. The van der Waals surface area contributed by atoms with Crippen molar-refractivity contribution in [1.82, 2.24) is 10.2 Å². The molecular formula is C14H27N3. The monoisotopic (exact) mass is 237 g/mol. The van der Waals surface area contributed by atoms with Gasteiger partial charge in [-0.25, -0.2) is 0 Å². The molecule has 1 aliphatic rings. The Morgan fingerprint density at radius 3 is 2.82 bits per heavy atom. The summed E-state index contributed by atoms with van der Waals surface area (Å²) in [5.41, 5.74) is -0.380. The Kier molecular flexibility index (Phi) is 5.42. The van der Waals surface area contributed by atoms with Crippen LogP contribution in [0, 0.1) is 17.2 Å². The molecular weight excluding hydrogens is 210 g/mol. The van der Waals surface area contributed by atoms with Gasteiger partial charge in [0.05, 0.1) is 6.07 Å². The van der Waals surface area contributed by atoms with Crippen LogP contribution in [0.15, 0.2) is 0 Å². The molecule has 0 bridgehead atoms. The van der Waals surface area contributed by atoms with Gasteiger partial charge in [0.15, 0.2) is 0 Å². The Morgan fingerprint density at radius 1 is 1.59 bits per heavy atom. The molecule has 1 fully saturated rings. The average Bonchev–Trinajstić information content (AvgIpc) is 2.29. The molecule has 1 saturated heterocycles. The van der Waals surface area contributed by atoms with Crippen LogP contribution in [0.25, 0.3) is 0 Å². The van der Waals surface area contributed by atoms with Crippen LogP contribution < -0.4 is 5.32 Å². The predicted octanol–water partition coefficient (Wildman–Crippen LogP) is 2.39. The van der Waals surface area contributed by atoms with Gasteiger partial charge in [-0.15, -0.1) is 0 Å². The summed E-state index contributed by atoms with van der Waals surface area (Å²) in [5, 5.41) is 12.6.